The van der Waals surface area contributed by atoms with E-state index in [2.05, 4.69) is 33.7 Å². The number of anilines is 1. The van der Waals surface area contributed by atoms with Crippen LogP contribution in [0.5, 0.6) is 0 Å². The normalized spacial score (nSPS) is 15.7. The number of benzene rings is 2. The summed E-state index contributed by atoms with van der Waals surface area (Å²) >= 11 is 1.74. The molecule has 138 valence electrons. The third kappa shape index (κ3) is 3.32. The predicted octanol–water partition coefficient (Wildman–Crippen LogP) is 3.67. The minimum absolute atomic E-state index is 0.773. The number of imidazole rings is 1. The van der Waals surface area contributed by atoms with Gasteiger partial charge in [-0.1, -0.05) is 29.5 Å². The summed E-state index contributed by atoms with van der Waals surface area (Å²) in [6.45, 7) is 4.87. The molecule has 3 heterocycles. The number of nitrogens with zero attached hydrogens (tertiary/aromatic N) is 3. The van der Waals surface area contributed by atoms with Crippen molar-refractivity contribution in [1.82, 2.24) is 14.3 Å². The lowest BCUT2D eigenvalue weighted by molar-refractivity contribution is 0.0384. The van der Waals surface area contributed by atoms with Crippen LogP contribution < -0.4 is 5.73 Å². The fourth-order valence-electron chi connectivity index (χ4n) is 3.60. The van der Waals surface area contributed by atoms with Crippen LogP contribution >= 0.6 is 11.3 Å². The number of aromatic nitrogens is 2. The Morgan fingerprint density at radius 3 is 2.70 bits per heavy atom. The number of fused-ring (bicyclic) bond motifs is 3. The van der Waals surface area contributed by atoms with Crippen molar-refractivity contribution in [2.45, 2.75) is 6.42 Å². The summed E-state index contributed by atoms with van der Waals surface area (Å²) in [6.07, 6.45) is 3.19. The standard InChI is InChI=1S/C21H22N4OS/c22-17-4-2-16(3-5-17)18-14-25-19-13-15(1-6-20(19)27-21(25)23-18)7-8-24-9-11-26-12-10-24/h1-6,13-14H,7-12,22H2. The van der Waals surface area contributed by atoms with Gasteiger partial charge in [-0.05, 0) is 36.2 Å². The molecule has 1 aliphatic heterocycles. The summed E-state index contributed by atoms with van der Waals surface area (Å²) in [4.78, 5) is 8.33. The zero-order valence-electron chi connectivity index (χ0n) is 15.1. The molecule has 0 aliphatic carbocycles. The summed E-state index contributed by atoms with van der Waals surface area (Å²) in [7, 11) is 0. The summed E-state index contributed by atoms with van der Waals surface area (Å²) in [5.74, 6) is 0. The maximum atomic E-state index is 5.80. The topological polar surface area (TPSA) is 55.8 Å². The third-order valence-corrected chi connectivity index (χ3v) is 6.22. The van der Waals surface area contributed by atoms with Gasteiger partial charge in [0.15, 0.2) is 4.96 Å². The number of ether oxygens (including phenoxy) is 1. The van der Waals surface area contributed by atoms with Gasteiger partial charge in [-0.15, -0.1) is 0 Å². The largest absolute Gasteiger partial charge is 0.399 e. The Balaban J connectivity index is 1.43. The van der Waals surface area contributed by atoms with Gasteiger partial charge in [0.25, 0.3) is 0 Å². The molecular formula is C21H22N4OS. The molecule has 6 heteroatoms. The number of thiazole rings is 1. The molecule has 4 aromatic rings. The number of rotatable bonds is 4. The highest BCUT2D eigenvalue weighted by Crippen LogP contribution is 2.30. The fourth-order valence-corrected chi connectivity index (χ4v) is 4.59. The second-order valence-corrected chi connectivity index (χ2v) is 8.02. The second-order valence-electron chi connectivity index (χ2n) is 7.01. The molecule has 5 rings (SSSR count). The monoisotopic (exact) mass is 378 g/mol. The van der Waals surface area contributed by atoms with Gasteiger partial charge < -0.3 is 10.5 Å². The van der Waals surface area contributed by atoms with Crippen molar-refractivity contribution >= 4 is 32.2 Å². The van der Waals surface area contributed by atoms with E-state index in [1.54, 1.807) is 11.3 Å². The smallest absolute Gasteiger partial charge is 0.195 e. The predicted molar refractivity (Wildman–Crippen MR) is 111 cm³/mol. The van der Waals surface area contributed by atoms with E-state index in [0.29, 0.717) is 0 Å². The van der Waals surface area contributed by atoms with Crippen molar-refractivity contribution in [2.75, 3.05) is 38.6 Å². The van der Waals surface area contributed by atoms with E-state index in [4.69, 9.17) is 15.5 Å². The molecule has 0 unspecified atom stereocenters. The summed E-state index contributed by atoms with van der Waals surface area (Å²) in [6, 6.07) is 14.7. The summed E-state index contributed by atoms with van der Waals surface area (Å²) in [5.41, 5.74) is 11.3. The Morgan fingerprint density at radius 2 is 1.89 bits per heavy atom. The van der Waals surface area contributed by atoms with Crippen LogP contribution in [0.1, 0.15) is 5.56 Å². The van der Waals surface area contributed by atoms with Crippen molar-refractivity contribution in [3.63, 3.8) is 0 Å². The molecule has 1 saturated heterocycles. The van der Waals surface area contributed by atoms with Crippen LogP contribution in [0.4, 0.5) is 5.69 Å². The molecule has 2 aromatic carbocycles. The number of nitrogens with two attached hydrogens (primary N) is 1. The highest BCUT2D eigenvalue weighted by Gasteiger charge is 2.13. The lowest BCUT2D eigenvalue weighted by Crippen LogP contribution is -2.37. The van der Waals surface area contributed by atoms with Crippen molar-refractivity contribution in [1.29, 1.82) is 0 Å². The maximum absolute atomic E-state index is 5.80. The van der Waals surface area contributed by atoms with Crippen molar-refractivity contribution in [3.05, 3.63) is 54.2 Å². The highest BCUT2D eigenvalue weighted by atomic mass is 32.1. The van der Waals surface area contributed by atoms with E-state index in [1.807, 2.05) is 24.3 Å². The first-order chi connectivity index (χ1) is 13.3. The zero-order valence-corrected chi connectivity index (χ0v) is 15.9. The molecule has 1 fully saturated rings. The van der Waals surface area contributed by atoms with Gasteiger partial charge in [-0.25, -0.2) is 4.98 Å². The van der Waals surface area contributed by atoms with Gasteiger partial charge in [-0.3, -0.25) is 9.30 Å². The quantitative estimate of drug-likeness (QED) is 0.551. The van der Waals surface area contributed by atoms with Gasteiger partial charge in [0.2, 0.25) is 0 Å². The first kappa shape index (κ1) is 16.7. The summed E-state index contributed by atoms with van der Waals surface area (Å²) < 4.78 is 8.92. The number of hydrogen-bond acceptors (Lipinski definition) is 5. The number of morpholine rings is 1. The van der Waals surface area contributed by atoms with E-state index >= 15 is 0 Å². The average Bonchev–Trinajstić information content (AvgIpc) is 3.26. The van der Waals surface area contributed by atoms with Crippen LogP contribution in [-0.4, -0.2) is 47.1 Å². The SMILES string of the molecule is Nc1ccc(-c2cn3c(n2)sc2ccc(CCN4CCOCC4)cc23)cc1. The first-order valence-electron chi connectivity index (χ1n) is 9.33. The Kier molecular flexibility index (Phi) is 4.32. The Bertz CT molecular complexity index is 1080. The molecule has 0 radical (unpaired) electrons. The molecule has 2 N–H and O–H groups in total. The lowest BCUT2D eigenvalue weighted by atomic mass is 10.1. The van der Waals surface area contributed by atoms with Crippen LogP contribution in [0.15, 0.2) is 48.7 Å². The fraction of sp³-hybridized carbons (Fsp3) is 0.286. The molecule has 27 heavy (non-hydrogen) atoms. The van der Waals surface area contributed by atoms with E-state index in [9.17, 15) is 0 Å². The minimum Gasteiger partial charge on any atom is -0.399 e. The Hall–Kier alpha value is -2.41. The van der Waals surface area contributed by atoms with Gasteiger partial charge >= 0.3 is 0 Å². The van der Waals surface area contributed by atoms with E-state index in [0.717, 1.165) is 61.2 Å². The van der Waals surface area contributed by atoms with Gasteiger partial charge in [0.1, 0.15) is 0 Å². The summed E-state index contributed by atoms with van der Waals surface area (Å²) in [5, 5.41) is 0. The highest BCUT2D eigenvalue weighted by molar-refractivity contribution is 7.23. The van der Waals surface area contributed by atoms with E-state index in [1.165, 1.54) is 15.8 Å². The molecule has 0 bridgehead atoms. The molecule has 0 spiro atoms. The van der Waals surface area contributed by atoms with E-state index in [-0.39, 0.29) is 0 Å². The number of hydrogen-bond donors (Lipinski definition) is 1. The van der Waals surface area contributed by atoms with Crippen molar-refractivity contribution in [2.24, 2.45) is 0 Å². The van der Waals surface area contributed by atoms with Crippen molar-refractivity contribution < 1.29 is 4.74 Å². The van der Waals surface area contributed by atoms with Crippen LogP contribution in [-0.2, 0) is 11.2 Å². The molecule has 0 amide bonds. The van der Waals surface area contributed by atoms with Crippen LogP contribution in [0, 0.1) is 0 Å². The Labute approximate surface area is 162 Å². The molecule has 1 aliphatic rings. The zero-order chi connectivity index (χ0) is 18.2. The van der Waals surface area contributed by atoms with Crippen LogP contribution in [0.2, 0.25) is 0 Å². The molecule has 5 nitrogen and oxygen atoms in total. The van der Waals surface area contributed by atoms with E-state index < -0.39 is 0 Å². The van der Waals surface area contributed by atoms with Gasteiger partial charge in [0, 0.05) is 37.1 Å². The first-order valence-corrected chi connectivity index (χ1v) is 10.1. The number of nitrogen functional groups attached to an aromatic ring is 1. The van der Waals surface area contributed by atoms with Crippen LogP contribution in [0.25, 0.3) is 26.4 Å². The molecule has 2 aromatic heterocycles. The lowest BCUT2D eigenvalue weighted by Gasteiger charge is -2.26. The van der Waals surface area contributed by atoms with Crippen LogP contribution in [0.3, 0.4) is 0 Å². The molecular weight excluding hydrogens is 356 g/mol. The van der Waals surface area contributed by atoms with Gasteiger partial charge in [-0.2, -0.15) is 0 Å². The second kappa shape index (κ2) is 6.96. The maximum Gasteiger partial charge on any atom is 0.195 e. The Morgan fingerprint density at radius 1 is 1.07 bits per heavy atom. The average molecular weight is 379 g/mol. The van der Waals surface area contributed by atoms with Crippen molar-refractivity contribution in [3.8, 4) is 11.3 Å². The molecule has 0 saturated carbocycles. The van der Waals surface area contributed by atoms with Gasteiger partial charge in [0.05, 0.1) is 29.1 Å². The minimum atomic E-state index is 0.773. The third-order valence-electron chi connectivity index (χ3n) is 5.18. The molecule has 0 atom stereocenters.